The molecule has 0 aliphatic heterocycles. The molecule has 106 valence electrons. The summed E-state index contributed by atoms with van der Waals surface area (Å²) in [5.41, 5.74) is 3.29. The number of nitrogens with one attached hydrogen (secondary N) is 1. The lowest BCUT2D eigenvalue weighted by Gasteiger charge is -2.20. The molecule has 1 heterocycles. The number of halogens is 2. The van der Waals surface area contributed by atoms with Crippen LogP contribution in [0.4, 0.5) is 4.39 Å². The van der Waals surface area contributed by atoms with Gasteiger partial charge in [0.2, 0.25) is 0 Å². The van der Waals surface area contributed by atoms with E-state index in [2.05, 4.69) is 46.1 Å². The van der Waals surface area contributed by atoms with Gasteiger partial charge in [0.05, 0.1) is 0 Å². The van der Waals surface area contributed by atoms with Gasteiger partial charge >= 0.3 is 0 Å². The number of pyridine rings is 1. The van der Waals surface area contributed by atoms with Crippen LogP contribution in [-0.4, -0.2) is 11.5 Å². The number of aryl methyl sites for hydroxylation is 1. The lowest BCUT2D eigenvalue weighted by molar-refractivity contribution is 0.538. The van der Waals surface area contributed by atoms with Crippen LogP contribution in [0.2, 0.25) is 0 Å². The summed E-state index contributed by atoms with van der Waals surface area (Å²) < 4.78 is 14.0. The number of likely N-dealkylation sites (N-methyl/N-ethyl adjacent to an activating group) is 1. The molecule has 0 radical (unpaired) electrons. The monoisotopic (exact) mass is 336 g/mol. The van der Waals surface area contributed by atoms with E-state index >= 15 is 0 Å². The van der Waals surface area contributed by atoms with Gasteiger partial charge in [0.1, 0.15) is 5.82 Å². The lowest BCUT2D eigenvalue weighted by Crippen LogP contribution is -2.24. The van der Waals surface area contributed by atoms with Gasteiger partial charge in [-0.25, -0.2) is 4.39 Å². The van der Waals surface area contributed by atoms with E-state index in [4.69, 9.17) is 0 Å². The van der Waals surface area contributed by atoms with Crippen molar-refractivity contribution >= 4 is 15.9 Å². The Balaban J connectivity index is 2.29. The van der Waals surface area contributed by atoms with E-state index in [0.29, 0.717) is 0 Å². The Kier molecular flexibility index (Phi) is 5.26. The van der Waals surface area contributed by atoms with E-state index in [1.807, 2.05) is 18.3 Å². The molecule has 1 aromatic heterocycles. The first kappa shape index (κ1) is 15.1. The fraction of sp³-hybridized carbons (Fsp3) is 0.312. The normalized spacial score (nSPS) is 12.4. The molecule has 20 heavy (non-hydrogen) atoms. The Bertz CT molecular complexity index is 586. The first-order valence-corrected chi connectivity index (χ1v) is 7.50. The van der Waals surface area contributed by atoms with Crippen molar-refractivity contribution in [2.45, 2.75) is 26.3 Å². The summed E-state index contributed by atoms with van der Waals surface area (Å²) in [5.74, 6) is -0.232. The van der Waals surface area contributed by atoms with Crippen molar-refractivity contribution in [2.24, 2.45) is 0 Å². The lowest BCUT2D eigenvalue weighted by atomic mass is 9.99. The summed E-state index contributed by atoms with van der Waals surface area (Å²) in [6.07, 6.45) is 2.59. The zero-order chi connectivity index (χ0) is 14.5. The third kappa shape index (κ3) is 3.64. The van der Waals surface area contributed by atoms with E-state index in [-0.39, 0.29) is 11.9 Å². The summed E-state index contributed by atoms with van der Waals surface area (Å²) in [4.78, 5) is 4.44. The number of nitrogens with zero attached hydrogens (tertiary/aromatic N) is 1. The summed E-state index contributed by atoms with van der Waals surface area (Å²) >= 11 is 3.45. The molecule has 0 aliphatic rings. The molecule has 2 rings (SSSR count). The molecule has 0 fully saturated rings. The Morgan fingerprint density at radius 1 is 1.35 bits per heavy atom. The first-order chi connectivity index (χ1) is 9.61. The van der Waals surface area contributed by atoms with Crippen molar-refractivity contribution in [1.29, 1.82) is 0 Å². The standard InChI is InChI=1S/C16H18BrFN2/c1-3-19-16(10-15-11(2)5-4-8-20-15)13-7-6-12(18)9-14(13)17/h4-9,16,19H,3,10H2,1-2H3. The molecule has 2 nitrogen and oxygen atoms in total. The highest BCUT2D eigenvalue weighted by molar-refractivity contribution is 9.10. The van der Waals surface area contributed by atoms with Gasteiger partial charge in [-0.05, 0) is 42.8 Å². The molecule has 1 N–H and O–H groups in total. The number of aromatic nitrogens is 1. The maximum Gasteiger partial charge on any atom is 0.124 e. The van der Waals surface area contributed by atoms with Crippen molar-refractivity contribution in [3.8, 4) is 0 Å². The Morgan fingerprint density at radius 2 is 2.15 bits per heavy atom. The quantitative estimate of drug-likeness (QED) is 0.885. The van der Waals surface area contributed by atoms with E-state index in [0.717, 1.165) is 28.7 Å². The zero-order valence-corrected chi connectivity index (χ0v) is 13.2. The number of hydrogen-bond donors (Lipinski definition) is 1. The fourth-order valence-electron chi connectivity index (χ4n) is 2.25. The smallest absolute Gasteiger partial charge is 0.124 e. The van der Waals surface area contributed by atoms with Crippen LogP contribution in [0.1, 0.15) is 29.8 Å². The van der Waals surface area contributed by atoms with E-state index in [9.17, 15) is 4.39 Å². The molecule has 1 unspecified atom stereocenters. The molecule has 0 saturated heterocycles. The summed E-state index contributed by atoms with van der Waals surface area (Å²) in [5, 5.41) is 3.44. The zero-order valence-electron chi connectivity index (χ0n) is 11.7. The van der Waals surface area contributed by atoms with Gasteiger partial charge in [-0.2, -0.15) is 0 Å². The molecule has 4 heteroatoms. The SMILES string of the molecule is CCNC(Cc1ncccc1C)c1ccc(F)cc1Br. The number of benzene rings is 1. The molecule has 2 aromatic rings. The van der Waals surface area contributed by atoms with Crippen LogP contribution >= 0.6 is 15.9 Å². The molecule has 0 saturated carbocycles. The summed E-state index contributed by atoms with van der Waals surface area (Å²) in [7, 11) is 0. The van der Waals surface area contributed by atoms with Gasteiger partial charge in [0, 0.05) is 28.8 Å². The van der Waals surface area contributed by atoms with Crippen molar-refractivity contribution in [1.82, 2.24) is 10.3 Å². The molecule has 0 amide bonds. The van der Waals surface area contributed by atoms with Crippen LogP contribution in [0, 0.1) is 12.7 Å². The molecule has 0 spiro atoms. The van der Waals surface area contributed by atoms with Crippen LogP contribution in [-0.2, 0) is 6.42 Å². The van der Waals surface area contributed by atoms with Crippen molar-refractivity contribution in [3.05, 3.63) is 63.6 Å². The second-order valence-electron chi connectivity index (χ2n) is 4.75. The van der Waals surface area contributed by atoms with Crippen molar-refractivity contribution in [3.63, 3.8) is 0 Å². The minimum absolute atomic E-state index is 0.114. The second kappa shape index (κ2) is 6.95. The maximum absolute atomic E-state index is 13.2. The molecular weight excluding hydrogens is 319 g/mol. The minimum atomic E-state index is -0.232. The largest absolute Gasteiger partial charge is 0.310 e. The number of rotatable bonds is 5. The van der Waals surface area contributed by atoms with Crippen LogP contribution < -0.4 is 5.32 Å². The predicted octanol–water partition coefficient (Wildman–Crippen LogP) is 4.18. The van der Waals surface area contributed by atoms with Crippen LogP contribution in [0.3, 0.4) is 0 Å². The maximum atomic E-state index is 13.2. The Morgan fingerprint density at radius 3 is 2.80 bits per heavy atom. The molecule has 1 atom stereocenters. The Labute approximate surface area is 127 Å². The number of hydrogen-bond acceptors (Lipinski definition) is 2. The molecule has 0 aliphatic carbocycles. The summed E-state index contributed by atoms with van der Waals surface area (Å²) in [6.45, 7) is 4.97. The predicted molar refractivity (Wildman–Crippen MR) is 83.2 cm³/mol. The summed E-state index contributed by atoms with van der Waals surface area (Å²) in [6, 6.07) is 8.94. The second-order valence-corrected chi connectivity index (χ2v) is 5.60. The van der Waals surface area contributed by atoms with Crippen LogP contribution in [0.25, 0.3) is 0 Å². The minimum Gasteiger partial charge on any atom is -0.310 e. The van der Waals surface area contributed by atoms with Gasteiger partial charge in [-0.1, -0.05) is 35.0 Å². The van der Waals surface area contributed by atoms with E-state index in [1.165, 1.54) is 17.7 Å². The molecule has 0 bridgehead atoms. The van der Waals surface area contributed by atoms with Gasteiger partial charge in [0.15, 0.2) is 0 Å². The van der Waals surface area contributed by atoms with Crippen LogP contribution in [0.5, 0.6) is 0 Å². The van der Waals surface area contributed by atoms with Gasteiger partial charge < -0.3 is 5.32 Å². The highest BCUT2D eigenvalue weighted by atomic mass is 79.9. The van der Waals surface area contributed by atoms with Crippen molar-refractivity contribution < 1.29 is 4.39 Å². The van der Waals surface area contributed by atoms with Crippen molar-refractivity contribution in [2.75, 3.05) is 6.54 Å². The topological polar surface area (TPSA) is 24.9 Å². The average molecular weight is 337 g/mol. The Hall–Kier alpha value is -1.26. The fourth-order valence-corrected chi connectivity index (χ4v) is 2.88. The highest BCUT2D eigenvalue weighted by Crippen LogP contribution is 2.27. The first-order valence-electron chi connectivity index (χ1n) is 6.70. The van der Waals surface area contributed by atoms with E-state index < -0.39 is 0 Å². The van der Waals surface area contributed by atoms with Gasteiger partial charge in [-0.3, -0.25) is 4.98 Å². The highest BCUT2D eigenvalue weighted by Gasteiger charge is 2.16. The average Bonchev–Trinajstić information content (AvgIpc) is 2.41. The third-order valence-corrected chi connectivity index (χ3v) is 3.99. The molecular formula is C16H18BrFN2. The van der Waals surface area contributed by atoms with Gasteiger partial charge in [-0.15, -0.1) is 0 Å². The van der Waals surface area contributed by atoms with Gasteiger partial charge in [0.25, 0.3) is 0 Å². The van der Waals surface area contributed by atoms with Crippen LogP contribution in [0.15, 0.2) is 41.0 Å². The third-order valence-electron chi connectivity index (χ3n) is 3.30. The molecule has 1 aromatic carbocycles. The van der Waals surface area contributed by atoms with E-state index in [1.54, 1.807) is 0 Å².